The highest BCUT2D eigenvalue weighted by molar-refractivity contribution is 7.99. The molecule has 2 bridgehead atoms. The van der Waals surface area contributed by atoms with Gasteiger partial charge in [0.1, 0.15) is 0 Å². The van der Waals surface area contributed by atoms with Crippen LogP contribution in [0.25, 0.3) is 0 Å². The van der Waals surface area contributed by atoms with Gasteiger partial charge in [-0.3, -0.25) is 4.79 Å². The third kappa shape index (κ3) is 3.98. The van der Waals surface area contributed by atoms with Crippen LogP contribution in [0.4, 0.5) is 0 Å². The van der Waals surface area contributed by atoms with Crippen LogP contribution in [0.3, 0.4) is 0 Å². The van der Waals surface area contributed by atoms with E-state index in [1.54, 1.807) is 36.0 Å². The van der Waals surface area contributed by atoms with Gasteiger partial charge in [-0.15, -0.1) is 11.8 Å². The molecule has 0 saturated carbocycles. The van der Waals surface area contributed by atoms with Gasteiger partial charge in [0.2, 0.25) is 5.91 Å². The molecule has 28 heavy (non-hydrogen) atoms. The molecule has 2 heterocycles. The number of piperidine rings is 1. The lowest BCUT2D eigenvalue weighted by Crippen LogP contribution is -2.50. The van der Waals surface area contributed by atoms with Gasteiger partial charge in [-0.25, -0.2) is 8.42 Å². The second-order valence-corrected chi connectivity index (χ2v) is 10.8. The maximum atomic E-state index is 13.0. The van der Waals surface area contributed by atoms with Crippen LogP contribution in [0.2, 0.25) is 0 Å². The van der Waals surface area contributed by atoms with E-state index in [0.29, 0.717) is 23.5 Å². The van der Waals surface area contributed by atoms with Crippen molar-refractivity contribution >= 4 is 27.5 Å². The lowest BCUT2D eigenvalue weighted by Gasteiger charge is -2.38. The molecule has 2 fully saturated rings. The number of benzene rings is 2. The Bertz CT molecular complexity index is 901. The number of hydrogen-bond donors (Lipinski definition) is 0. The molecule has 1 amide bonds. The predicted molar refractivity (Wildman–Crippen MR) is 113 cm³/mol. The maximum absolute atomic E-state index is 13.0. The number of carbonyl (C=O) groups excluding carboxylic acids is 1. The summed E-state index contributed by atoms with van der Waals surface area (Å²) < 4.78 is 26.0. The van der Waals surface area contributed by atoms with Crippen LogP contribution in [0, 0.1) is 0 Å². The molecule has 2 atom stereocenters. The van der Waals surface area contributed by atoms with Crippen LogP contribution in [0.15, 0.2) is 65.6 Å². The van der Waals surface area contributed by atoms with E-state index in [2.05, 4.69) is 12.1 Å². The molecule has 4 rings (SSSR count). The van der Waals surface area contributed by atoms with Gasteiger partial charge in [-0.1, -0.05) is 48.5 Å². The summed E-state index contributed by atoms with van der Waals surface area (Å²) >= 11 is 1.63. The molecule has 2 aromatic carbocycles. The van der Waals surface area contributed by atoms with Gasteiger partial charge in [0.25, 0.3) is 0 Å². The third-order valence-electron chi connectivity index (χ3n) is 5.83. The minimum Gasteiger partial charge on any atom is -0.336 e. The van der Waals surface area contributed by atoms with Gasteiger partial charge >= 0.3 is 0 Å². The van der Waals surface area contributed by atoms with Crippen molar-refractivity contribution in [2.75, 3.05) is 5.75 Å². The Morgan fingerprint density at radius 2 is 1.50 bits per heavy atom. The van der Waals surface area contributed by atoms with Gasteiger partial charge in [0.05, 0.1) is 15.9 Å². The smallest absolute Gasteiger partial charge is 0.233 e. The summed E-state index contributed by atoms with van der Waals surface area (Å²) in [6, 6.07) is 19.0. The van der Waals surface area contributed by atoms with Crippen molar-refractivity contribution in [2.24, 2.45) is 0 Å². The first kappa shape index (κ1) is 19.5. The Hall–Kier alpha value is -1.79. The number of amides is 1. The van der Waals surface area contributed by atoms with Gasteiger partial charge in [0.15, 0.2) is 9.84 Å². The third-order valence-corrected chi connectivity index (χ3v) is 9.01. The number of fused-ring (bicyclic) bond motifs is 2. The summed E-state index contributed by atoms with van der Waals surface area (Å²) in [4.78, 5) is 15.2. The molecule has 0 spiro atoms. The van der Waals surface area contributed by atoms with Gasteiger partial charge in [-0.2, -0.15) is 0 Å². The van der Waals surface area contributed by atoms with Crippen LogP contribution in [-0.4, -0.2) is 42.3 Å². The number of thioether (sulfide) groups is 1. The van der Waals surface area contributed by atoms with Gasteiger partial charge in [0, 0.05) is 17.8 Å². The largest absolute Gasteiger partial charge is 0.336 e. The minimum absolute atomic E-state index is 0.0621. The first-order valence-corrected chi connectivity index (χ1v) is 12.5. The molecule has 148 valence electrons. The summed E-state index contributed by atoms with van der Waals surface area (Å²) in [5.41, 5.74) is 1.22. The molecular weight excluding hydrogens is 390 g/mol. The van der Waals surface area contributed by atoms with Crippen molar-refractivity contribution in [3.05, 3.63) is 66.2 Å². The van der Waals surface area contributed by atoms with Crippen LogP contribution in [0.5, 0.6) is 0 Å². The number of sulfone groups is 1. The average molecular weight is 416 g/mol. The van der Waals surface area contributed by atoms with Crippen LogP contribution in [0.1, 0.15) is 31.2 Å². The van der Waals surface area contributed by atoms with E-state index in [1.807, 2.05) is 29.2 Å². The molecule has 2 saturated heterocycles. The summed E-state index contributed by atoms with van der Waals surface area (Å²) in [6.45, 7) is 0. The monoisotopic (exact) mass is 415 g/mol. The highest BCUT2D eigenvalue weighted by Gasteiger charge is 2.46. The summed E-state index contributed by atoms with van der Waals surface area (Å²) in [7, 11) is -3.33. The Labute approximate surface area is 171 Å². The summed E-state index contributed by atoms with van der Waals surface area (Å²) in [6.07, 6.45) is 2.95. The van der Waals surface area contributed by atoms with E-state index in [9.17, 15) is 13.2 Å². The molecule has 2 unspecified atom stereocenters. The average Bonchev–Trinajstić information content (AvgIpc) is 2.98. The van der Waals surface area contributed by atoms with Crippen molar-refractivity contribution in [3.63, 3.8) is 0 Å². The highest BCUT2D eigenvalue weighted by atomic mass is 32.2. The SMILES string of the molecule is O=C(CSCc1ccccc1)N1C2CCC1CC(S(=O)(=O)c1ccccc1)C2. The van der Waals surface area contributed by atoms with Crippen molar-refractivity contribution in [2.45, 2.75) is 53.7 Å². The Kier molecular flexibility index (Phi) is 5.78. The fraction of sp³-hybridized carbons (Fsp3) is 0.409. The molecule has 6 heteroatoms. The molecule has 2 aliphatic heterocycles. The Morgan fingerprint density at radius 1 is 0.929 bits per heavy atom. The first-order chi connectivity index (χ1) is 13.6. The lowest BCUT2D eigenvalue weighted by molar-refractivity contribution is -0.132. The van der Waals surface area contributed by atoms with Crippen molar-refractivity contribution in [1.29, 1.82) is 0 Å². The first-order valence-electron chi connectivity index (χ1n) is 9.77. The second-order valence-electron chi connectivity index (χ2n) is 7.62. The quantitative estimate of drug-likeness (QED) is 0.718. The van der Waals surface area contributed by atoms with Gasteiger partial charge in [-0.05, 0) is 43.4 Å². The minimum atomic E-state index is -3.33. The van der Waals surface area contributed by atoms with Crippen LogP contribution in [-0.2, 0) is 20.4 Å². The zero-order valence-corrected chi connectivity index (χ0v) is 17.4. The molecule has 2 aromatic rings. The lowest BCUT2D eigenvalue weighted by atomic mass is 10.0. The zero-order chi connectivity index (χ0) is 19.6. The molecule has 2 aliphatic rings. The van der Waals surface area contributed by atoms with Crippen molar-refractivity contribution in [3.8, 4) is 0 Å². The van der Waals surface area contributed by atoms with E-state index in [-0.39, 0.29) is 23.2 Å². The topological polar surface area (TPSA) is 54.5 Å². The van der Waals surface area contributed by atoms with E-state index < -0.39 is 9.84 Å². The van der Waals surface area contributed by atoms with Crippen LogP contribution >= 0.6 is 11.8 Å². The van der Waals surface area contributed by atoms with E-state index in [0.717, 1.165) is 18.6 Å². The molecule has 0 radical (unpaired) electrons. The highest BCUT2D eigenvalue weighted by Crippen LogP contribution is 2.40. The van der Waals surface area contributed by atoms with Crippen molar-refractivity contribution in [1.82, 2.24) is 4.90 Å². The second kappa shape index (κ2) is 8.29. The molecule has 0 N–H and O–H groups in total. The summed E-state index contributed by atoms with van der Waals surface area (Å²) in [5.74, 6) is 1.43. The van der Waals surface area contributed by atoms with E-state index >= 15 is 0 Å². The zero-order valence-electron chi connectivity index (χ0n) is 15.7. The van der Waals surface area contributed by atoms with E-state index in [4.69, 9.17) is 0 Å². The Balaban J connectivity index is 1.38. The normalized spacial score (nSPS) is 24.3. The number of hydrogen-bond acceptors (Lipinski definition) is 4. The Morgan fingerprint density at radius 3 is 2.11 bits per heavy atom. The fourth-order valence-electron chi connectivity index (χ4n) is 4.50. The number of nitrogens with zero attached hydrogens (tertiary/aromatic N) is 1. The van der Waals surface area contributed by atoms with Crippen LogP contribution < -0.4 is 0 Å². The number of carbonyl (C=O) groups is 1. The predicted octanol–water partition coefficient (Wildman–Crippen LogP) is 3.92. The molecule has 0 aliphatic carbocycles. The molecule has 0 aromatic heterocycles. The maximum Gasteiger partial charge on any atom is 0.233 e. The number of rotatable bonds is 6. The van der Waals surface area contributed by atoms with E-state index in [1.165, 1.54) is 5.56 Å². The standard InChI is InChI=1S/C22H25NO3S2/c24-22(16-27-15-17-7-3-1-4-8-17)23-18-11-12-19(23)14-21(13-18)28(25,26)20-9-5-2-6-10-20/h1-10,18-19,21H,11-16H2. The molecular formula is C22H25NO3S2. The van der Waals surface area contributed by atoms with Gasteiger partial charge < -0.3 is 4.90 Å². The van der Waals surface area contributed by atoms with Crippen molar-refractivity contribution < 1.29 is 13.2 Å². The summed E-state index contributed by atoms with van der Waals surface area (Å²) in [5, 5.41) is -0.381. The fourth-order valence-corrected chi connectivity index (χ4v) is 7.22. The molecule has 4 nitrogen and oxygen atoms in total.